The molecule has 0 bridgehead atoms. The van der Waals surface area contributed by atoms with Crippen molar-refractivity contribution >= 4 is 70.0 Å². The zero-order valence-electron chi connectivity index (χ0n) is 46.1. The van der Waals surface area contributed by atoms with Gasteiger partial charge in [-0.1, -0.05) is 12.8 Å². The minimum absolute atomic E-state index is 0.0535. The van der Waals surface area contributed by atoms with Gasteiger partial charge in [-0.15, -0.1) is 0 Å². The molecule has 5 amide bonds. The number of thioether (sulfide) groups is 2. The Morgan fingerprint density at radius 1 is 0.675 bits per heavy atom. The van der Waals surface area contributed by atoms with Gasteiger partial charge >= 0.3 is 0 Å². The number of imidazole rings is 1. The standard InChI is InChI=1S/C48H84N16O17S2/c1-22(65)62(16-29(67)57-7-9-63(15-28(53)66)31(69)17-64-21-61-45-34(64)44(56)59-20-60-45)8-6-58-30(68)19-83-11-5-3-2-4-10-82-18-27-42(80-47-33(55)39(74)37(72)26(14-50)77-47)40(75)48(78-27)81-43-35(70)23(51)12-24(52)41(43)79-46-32(54)38(73)36(71)25(13-49)76-46/h20-21,23-27,32-33,35-43,46-48,70-75H,2-19,49-52,54-55H2,1H3,(H2,53,66)(H,57,67)(H,58,68)(H2,56,59,60)/t23-,24+,25-,26+,27-,32-,33-,35+,36-,37-,38-,39-,40-,41-,42-,43-,46-,47+,48+/m1/s1. The minimum Gasteiger partial charge on any atom is -0.389 e. The number of nitrogens with one attached hydrogen (secondary N) is 2. The molecule has 0 radical (unpaired) electrons. The lowest BCUT2D eigenvalue weighted by Gasteiger charge is -2.47. The molecule has 33 nitrogen and oxygen atoms in total. The summed E-state index contributed by atoms with van der Waals surface area (Å²) < 4.78 is 38.0. The molecule has 1 saturated carbocycles. The van der Waals surface area contributed by atoms with Gasteiger partial charge in [0.1, 0.15) is 79.4 Å². The van der Waals surface area contributed by atoms with Gasteiger partial charge in [0.05, 0.1) is 49.5 Å². The Hall–Kier alpha value is -4.32. The summed E-state index contributed by atoms with van der Waals surface area (Å²) in [4.78, 5) is 77.2. The molecule has 0 spiro atoms. The van der Waals surface area contributed by atoms with Crippen molar-refractivity contribution in [3.8, 4) is 0 Å². The average molecular weight is 1220 g/mol. The number of nitrogens with two attached hydrogens (primary N) is 8. The summed E-state index contributed by atoms with van der Waals surface area (Å²) in [5.41, 5.74) is 48.7. The third-order valence-electron chi connectivity index (χ3n) is 14.7. The number of hydrogen-bond donors (Lipinski definition) is 16. The lowest BCUT2D eigenvalue weighted by atomic mass is 9.84. The second-order valence-electron chi connectivity index (χ2n) is 20.8. The largest absolute Gasteiger partial charge is 0.389 e. The maximum Gasteiger partial charge on any atom is 0.243 e. The molecule has 0 unspecified atom stereocenters. The van der Waals surface area contributed by atoms with E-state index < -0.39 is 146 Å². The number of carbonyl (C=O) groups excluding carboxylic acids is 5. The number of aliphatic hydroxyl groups excluding tert-OH is 6. The van der Waals surface area contributed by atoms with E-state index in [2.05, 4.69) is 25.6 Å². The van der Waals surface area contributed by atoms with Crippen molar-refractivity contribution in [3.05, 3.63) is 12.7 Å². The van der Waals surface area contributed by atoms with Crippen molar-refractivity contribution in [2.75, 3.05) is 81.1 Å². The van der Waals surface area contributed by atoms with E-state index in [0.717, 1.165) is 25.7 Å². The number of nitrogen functional groups attached to an aromatic ring is 1. The maximum absolute atomic E-state index is 13.1. The number of amides is 5. The number of ether oxygens (including phenoxy) is 6. The van der Waals surface area contributed by atoms with Gasteiger partial charge in [0, 0.05) is 64.0 Å². The molecule has 3 aliphatic heterocycles. The van der Waals surface area contributed by atoms with E-state index in [4.69, 9.17) is 74.3 Å². The molecule has 2 aromatic rings. The predicted molar refractivity (Wildman–Crippen MR) is 298 cm³/mol. The quantitative estimate of drug-likeness (QED) is 0.0312. The molecular weight excluding hydrogens is 1140 g/mol. The number of unbranched alkanes of at least 4 members (excludes halogenated alkanes) is 3. The molecule has 19 atom stereocenters. The van der Waals surface area contributed by atoms with E-state index in [-0.39, 0.29) is 87.7 Å². The van der Waals surface area contributed by atoms with Gasteiger partial charge in [0.25, 0.3) is 0 Å². The van der Waals surface area contributed by atoms with Crippen LogP contribution in [0.1, 0.15) is 39.0 Å². The highest BCUT2D eigenvalue weighted by Gasteiger charge is 2.54. The van der Waals surface area contributed by atoms with Gasteiger partial charge < -0.3 is 130 Å². The number of aromatic nitrogens is 4. The van der Waals surface area contributed by atoms with E-state index in [9.17, 15) is 54.6 Å². The molecule has 4 fully saturated rings. The first kappa shape index (κ1) is 67.8. The van der Waals surface area contributed by atoms with Crippen LogP contribution in [0, 0.1) is 0 Å². The predicted octanol–water partition coefficient (Wildman–Crippen LogP) is -9.04. The Balaban J connectivity index is 0.901. The Kier molecular flexibility index (Phi) is 26.5. The summed E-state index contributed by atoms with van der Waals surface area (Å²) in [6.07, 6.45) is -13.6. The lowest BCUT2D eigenvalue weighted by molar-refractivity contribution is -0.306. The van der Waals surface area contributed by atoms with Crippen molar-refractivity contribution in [3.63, 3.8) is 0 Å². The lowest BCUT2D eigenvalue weighted by Crippen LogP contribution is -2.68. The van der Waals surface area contributed by atoms with E-state index in [0.29, 0.717) is 17.0 Å². The highest BCUT2D eigenvalue weighted by Crippen LogP contribution is 2.36. The molecule has 35 heteroatoms. The Labute approximate surface area is 487 Å². The highest BCUT2D eigenvalue weighted by atomic mass is 32.2. The summed E-state index contributed by atoms with van der Waals surface area (Å²) in [7, 11) is 0. The van der Waals surface area contributed by atoms with Crippen LogP contribution < -0.4 is 56.5 Å². The van der Waals surface area contributed by atoms with Crippen LogP contribution in [0.15, 0.2) is 12.7 Å². The number of carbonyl (C=O) groups is 5. The van der Waals surface area contributed by atoms with Crippen molar-refractivity contribution in [2.24, 2.45) is 40.1 Å². The van der Waals surface area contributed by atoms with E-state index in [1.54, 1.807) is 0 Å². The summed E-state index contributed by atoms with van der Waals surface area (Å²) in [5, 5.41) is 70.8. The molecule has 1 aliphatic carbocycles. The fourth-order valence-electron chi connectivity index (χ4n) is 9.93. The minimum atomic E-state index is -1.56. The third kappa shape index (κ3) is 18.4. The molecule has 2 aromatic heterocycles. The average Bonchev–Trinajstić information content (AvgIpc) is 3.66. The second-order valence-corrected chi connectivity index (χ2v) is 23.1. The van der Waals surface area contributed by atoms with Crippen LogP contribution in [0.2, 0.25) is 0 Å². The van der Waals surface area contributed by atoms with Gasteiger partial charge in [-0.25, -0.2) is 15.0 Å². The first-order valence-corrected chi connectivity index (χ1v) is 29.7. The maximum atomic E-state index is 13.1. The van der Waals surface area contributed by atoms with E-state index in [1.165, 1.54) is 57.5 Å². The number of anilines is 1. The SMILES string of the molecule is CC(=O)N(CCNC(=O)CSCCCCCCSC[C@H]1O[C@@H](O[C@@H]2[C@@H](O)[C@H](N)C[C@H](N)[C@H]2O[C@H]2O[C@H](CN)[C@@H](O)[C@H](O)[C@H]2N)[C@H](O)[C@@H]1O[C@@H]1O[C@@H](CN)[C@@H](O)[C@H](O)[C@H]1N)CC(=O)NCCN(CC(N)=O)C(=O)Cn1cnc2ncnc(N)c21. The molecule has 83 heavy (non-hydrogen) atoms. The molecule has 3 saturated heterocycles. The van der Waals surface area contributed by atoms with Gasteiger partial charge in [0.2, 0.25) is 29.5 Å². The molecule has 5 heterocycles. The van der Waals surface area contributed by atoms with Crippen molar-refractivity contribution in [1.82, 2.24) is 40.0 Å². The highest BCUT2D eigenvalue weighted by molar-refractivity contribution is 8.00. The van der Waals surface area contributed by atoms with Crippen LogP contribution in [0.4, 0.5) is 5.82 Å². The summed E-state index contributed by atoms with van der Waals surface area (Å²) in [6.45, 7) is -0.00877. The monoisotopic (exact) mass is 1220 g/mol. The molecule has 6 rings (SSSR count). The van der Waals surface area contributed by atoms with Crippen LogP contribution >= 0.6 is 23.5 Å². The van der Waals surface area contributed by atoms with Gasteiger partial charge in [-0.05, 0) is 30.8 Å². The molecule has 4 aliphatic rings. The molecule has 0 aromatic carbocycles. The van der Waals surface area contributed by atoms with Gasteiger partial charge in [-0.2, -0.15) is 23.5 Å². The van der Waals surface area contributed by atoms with Crippen LogP contribution in [-0.4, -0.2) is 281 Å². The van der Waals surface area contributed by atoms with Crippen LogP contribution in [0.5, 0.6) is 0 Å². The summed E-state index contributed by atoms with van der Waals surface area (Å²) in [6, 6.07) is -4.29. The Morgan fingerprint density at radius 2 is 1.24 bits per heavy atom. The van der Waals surface area contributed by atoms with E-state index >= 15 is 0 Å². The first-order chi connectivity index (χ1) is 39.5. The number of nitrogens with zero attached hydrogens (tertiary/aromatic N) is 6. The van der Waals surface area contributed by atoms with Crippen molar-refractivity contribution in [2.45, 2.75) is 162 Å². The fraction of sp³-hybridized carbons (Fsp3) is 0.792. The number of fused-ring (bicyclic) bond motifs is 1. The summed E-state index contributed by atoms with van der Waals surface area (Å²) >= 11 is 2.95. The zero-order valence-corrected chi connectivity index (χ0v) is 47.8. The Bertz CT molecular complexity index is 2410. The smallest absolute Gasteiger partial charge is 0.243 e. The van der Waals surface area contributed by atoms with Crippen LogP contribution in [0.3, 0.4) is 0 Å². The second kappa shape index (κ2) is 32.4. The van der Waals surface area contributed by atoms with Crippen LogP contribution in [-0.2, 0) is 58.9 Å². The summed E-state index contributed by atoms with van der Waals surface area (Å²) in [5.74, 6) is -0.501. The zero-order chi connectivity index (χ0) is 60.7. The number of rotatable bonds is 31. The fourth-order valence-corrected chi connectivity index (χ4v) is 11.8. The van der Waals surface area contributed by atoms with Gasteiger partial charge in [0.15, 0.2) is 30.3 Å². The molecular formula is C48H84N16O17S2. The molecule has 24 N–H and O–H groups in total. The number of primary amides is 1. The number of hydrogen-bond acceptors (Lipinski definition) is 29. The van der Waals surface area contributed by atoms with Crippen molar-refractivity contribution < 1.29 is 83.0 Å². The normalized spacial score (nSPS) is 32.8. The topological polar surface area (TPSA) is 544 Å². The Morgan fingerprint density at radius 3 is 1.84 bits per heavy atom. The van der Waals surface area contributed by atoms with E-state index in [1.807, 2.05) is 0 Å². The third-order valence-corrected chi connectivity index (χ3v) is 16.8. The van der Waals surface area contributed by atoms with Crippen molar-refractivity contribution in [1.29, 1.82) is 0 Å². The van der Waals surface area contributed by atoms with Gasteiger partial charge in [-0.3, -0.25) is 24.0 Å². The van der Waals surface area contributed by atoms with Crippen LogP contribution in [0.25, 0.3) is 11.2 Å². The molecule has 470 valence electrons. The first-order valence-electron chi connectivity index (χ1n) is 27.4. The number of aliphatic hydroxyl groups is 6.